The van der Waals surface area contributed by atoms with Gasteiger partial charge in [0, 0.05) is 6.42 Å². The fourth-order valence-electron chi connectivity index (χ4n) is 3.69. The third-order valence-corrected chi connectivity index (χ3v) is 5.30. The SMILES string of the molecule is COc1ccc([C@H]2C[C@H](C(F)(F)F)n3ncc(C(=O)NCc4ccco4)c3N2)cc1OC. The number of ether oxygens (including phenoxy) is 2. The van der Waals surface area contributed by atoms with Crippen molar-refractivity contribution in [2.24, 2.45) is 0 Å². The third kappa shape index (κ3) is 4.10. The molecule has 3 aromatic rings. The zero-order valence-electron chi connectivity index (χ0n) is 17.3. The Morgan fingerprint density at radius 3 is 2.72 bits per heavy atom. The minimum Gasteiger partial charge on any atom is -0.493 e. The number of benzene rings is 1. The lowest BCUT2D eigenvalue weighted by Gasteiger charge is -2.34. The van der Waals surface area contributed by atoms with E-state index < -0.39 is 24.2 Å². The normalized spacial score (nSPS) is 17.9. The van der Waals surface area contributed by atoms with Crippen molar-refractivity contribution in [1.29, 1.82) is 0 Å². The number of anilines is 1. The summed E-state index contributed by atoms with van der Waals surface area (Å²) in [5.41, 5.74) is 0.572. The van der Waals surface area contributed by atoms with E-state index in [2.05, 4.69) is 15.7 Å². The maximum Gasteiger partial charge on any atom is 0.410 e. The van der Waals surface area contributed by atoms with Gasteiger partial charge in [0.2, 0.25) is 0 Å². The van der Waals surface area contributed by atoms with Gasteiger partial charge in [0.25, 0.3) is 5.91 Å². The number of carbonyl (C=O) groups is 1. The average molecular weight is 450 g/mol. The molecule has 2 N–H and O–H groups in total. The van der Waals surface area contributed by atoms with Crippen molar-refractivity contribution < 1.29 is 31.9 Å². The van der Waals surface area contributed by atoms with Crippen LogP contribution in [0.25, 0.3) is 0 Å². The highest BCUT2D eigenvalue weighted by Gasteiger charge is 2.47. The van der Waals surface area contributed by atoms with Crippen molar-refractivity contribution >= 4 is 11.7 Å². The molecule has 0 saturated heterocycles. The highest BCUT2D eigenvalue weighted by atomic mass is 19.4. The molecule has 0 aliphatic carbocycles. The van der Waals surface area contributed by atoms with Crippen LogP contribution in [-0.4, -0.2) is 36.1 Å². The van der Waals surface area contributed by atoms with E-state index in [1.54, 1.807) is 30.3 Å². The molecule has 32 heavy (non-hydrogen) atoms. The first-order valence-electron chi connectivity index (χ1n) is 9.75. The summed E-state index contributed by atoms with van der Waals surface area (Å²) < 4.78 is 58.1. The van der Waals surface area contributed by atoms with Gasteiger partial charge in [-0.1, -0.05) is 6.07 Å². The first-order valence-corrected chi connectivity index (χ1v) is 9.75. The van der Waals surface area contributed by atoms with Gasteiger partial charge in [-0.3, -0.25) is 4.79 Å². The van der Waals surface area contributed by atoms with Crippen LogP contribution in [0.1, 0.15) is 40.2 Å². The Balaban J connectivity index is 1.66. The molecule has 0 fully saturated rings. The highest BCUT2D eigenvalue weighted by molar-refractivity contribution is 5.98. The van der Waals surface area contributed by atoms with Crippen molar-refractivity contribution in [1.82, 2.24) is 15.1 Å². The molecule has 1 aliphatic heterocycles. The fraction of sp³-hybridized carbons (Fsp3) is 0.333. The number of fused-ring (bicyclic) bond motifs is 1. The van der Waals surface area contributed by atoms with E-state index in [4.69, 9.17) is 13.9 Å². The number of nitrogens with one attached hydrogen (secondary N) is 2. The molecule has 8 nitrogen and oxygen atoms in total. The summed E-state index contributed by atoms with van der Waals surface area (Å²) in [6.45, 7) is 0.0955. The van der Waals surface area contributed by atoms with E-state index in [-0.39, 0.29) is 24.3 Å². The third-order valence-electron chi connectivity index (χ3n) is 5.30. The van der Waals surface area contributed by atoms with Crippen LogP contribution in [0.5, 0.6) is 11.5 Å². The number of rotatable bonds is 6. The van der Waals surface area contributed by atoms with Crippen LogP contribution < -0.4 is 20.1 Å². The van der Waals surface area contributed by atoms with Crippen LogP contribution in [0.2, 0.25) is 0 Å². The predicted octanol–water partition coefficient (Wildman–Crippen LogP) is 4.08. The standard InChI is InChI=1S/C21H21F3N4O4/c1-30-16-6-5-12(8-17(16)31-2)15-9-18(21(22,23)24)28-19(27-15)14(11-26-28)20(29)25-10-13-4-3-7-32-13/h3-8,11,15,18,27H,9-10H2,1-2H3,(H,25,29)/t15-,18-/m1/s1. The van der Waals surface area contributed by atoms with Crippen LogP contribution >= 0.6 is 0 Å². The zero-order valence-corrected chi connectivity index (χ0v) is 17.3. The number of carbonyl (C=O) groups excluding carboxylic acids is 1. The second kappa shape index (κ2) is 8.48. The molecule has 0 bridgehead atoms. The number of amides is 1. The summed E-state index contributed by atoms with van der Waals surface area (Å²) in [6, 6.07) is 5.62. The lowest BCUT2D eigenvalue weighted by atomic mass is 9.96. The van der Waals surface area contributed by atoms with Gasteiger partial charge in [-0.2, -0.15) is 18.3 Å². The van der Waals surface area contributed by atoms with Crippen LogP contribution in [0, 0.1) is 0 Å². The van der Waals surface area contributed by atoms with Crippen molar-refractivity contribution in [3.63, 3.8) is 0 Å². The molecular weight excluding hydrogens is 429 g/mol. The van der Waals surface area contributed by atoms with Crippen LogP contribution in [0.4, 0.5) is 19.0 Å². The van der Waals surface area contributed by atoms with Crippen LogP contribution in [-0.2, 0) is 6.54 Å². The van der Waals surface area contributed by atoms with Gasteiger partial charge in [-0.25, -0.2) is 4.68 Å². The van der Waals surface area contributed by atoms with Crippen LogP contribution in [0.3, 0.4) is 0 Å². The Morgan fingerprint density at radius 1 is 1.28 bits per heavy atom. The first-order chi connectivity index (χ1) is 15.3. The molecule has 3 heterocycles. The van der Waals surface area contributed by atoms with Gasteiger partial charge < -0.3 is 24.5 Å². The van der Waals surface area contributed by atoms with E-state index in [0.717, 1.165) is 10.9 Å². The predicted molar refractivity (Wildman–Crippen MR) is 108 cm³/mol. The Hall–Kier alpha value is -3.63. The maximum atomic E-state index is 13.9. The van der Waals surface area contributed by atoms with E-state index >= 15 is 0 Å². The highest BCUT2D eigenvalue weighted by Crippen LogP contribution is 2.45. The molecule has 11 heteroatoms. The van der Waals surface area contributed by atoms with E-state index in [9.17, 15) is 18.0 Å². The van der Waals surface area contributed by atoms with Gasteiger partial charge in [0.05, 0.1) is 39.3 Å². The molecule has 2 atom stereocenters. The quantitative estimate of drug-likeness (QED) is 0.588. The number of methoxy groups -OCH3 is 2. The minimum atomic E-state index is -4.56. The second-order valence-corrected chi connectivity index (χ2v) is 7.22. The van der Waals surface area contributed by atoms with Crippen molar-refractivity contribution in [2.45, 2.75) is 31.2 Å². The first kappa shape index (κ1) is 21.6. The molecule has 1 aromatic carbocycles. The van der Waals surface area contributed by atoms with Gasteiger partial charge >= 0.3 is 6.18 Å². The number of halogens is 3. The van der Waals surface area contributed by atoms with Gasteiger partial charge in [-0.15, -0.1) is 0 Å². The summed E-state index contributed by atoms with van der Waals surface area (Å²) in [4.78, 5) is 12.7. The molecule has 0 spiro atoms. The molecule has 0 unspecified atom stereocenters. The Kier molecular flexibility index (Phi) is 5.72. The maximum absolute atomic E-state index is 13.9. The average Bonchev–Trinajstić information content (AvgIpc) is 3.45. The number of alkyl halides is 3. The smallest absolute Gasteiger partial charge is 0.410 e. The molecule has 2 aromatic heterocycles. The Morgan fingerprint density at radius 2 is 2.06 bits per heavy atom. The van der Waals surface area contributed by atoms with Gasteiger partial charge in [-0.05, 0) is 29.8 Å². The van der Waals surface area contributed by atoms with E-state index in [1.165, 1.54) is 20.5 Å². The number of aromatic nitrogens is 2. The Labute approximate surface area is 181 Å². The fourth-order valence-corrected chi connectivity index (χ4v) is 3.69. The lowest BCUT2D eigenvalue weighted by molar-refractivity contribution is -0.173. The molecule has 170 valence electrons. The van der Waals surface area contributed by atoms with Gasteiger partial charge in [0.1, 0.15) is 17.1 Å². The summed E-state index contributed by atoms with van der Waals surface area (Å²) in [6.07, 6.45) is -2.26. The minimum absolute atomic E-state index is 0.00435. The number of hydrogen-bond donors (Lipinski definition) is 2. The van der Waals surface area contributed by atoms with E-state index in [1.807, 2.05) is 0 Å². The molecule has 0 saturated carbocycles. The second-order valence-electron chi connectivity index (χ2n) is 7.22. The number of nitrogens with zero attached hydrogens (tertiary/aromatic N) is 2. The van der Waals surface area contributed by atoms with Crippen molar-refractivity contribution in [3.05, 3.63) is 59.7 Å². The summed E-state index contributed by atoms with van der Waals surface area (Å²) >= 11 is 0. The van der Waals surface area contributed by atoms with Crippen LogP contribution in [0.15, 0.2) is 47.2 Å². The zero-order chi connectivity index (χ0) is 22.9. The topological polar surface area (TPSA) is 90.6 Å². The van der Waals surface area contributed by atoms with Crippen molar-refractivity contribution in [3.8, 4) is 11.5 Å². The largest absolute Gasteiger partial charge is 0.493 e. The number of furan rings is 1. The summed E-state index contributed by atoms with van der Waals surface area (Å²) in [5.74, 6) is 0.802. The van der Waals surface area contributed by atoms with E-state index in [0.29, 0.717) is 22.8 Å². The molecule has 4 rings (SSSR count). The summed E-state index contributed by atoms with van der Waals surface area (Å²) in [7, 11) is 2.92. The van der Waals surface area contributed by atoms with Crippen molar-refractivity contribution in [2.75, 3.05) is 19.5 Å². The Bertz CT molecular complexity index is 1100. The molecule has 1 amide bonds. The molecule has 1 aliphatic rings. The molecule has 0 radical (unpaired) electrons. The van der Waals surface area contributed by atoms with Gasteiger partial charge in [0.15, 0.2) is 17.5 Å². The summed E-state index contributed by atoms with van der Waals surface area (Å²) in [5, 5.41) is 9.55. The number of hydrogen-bond acceptors (Lipinski definition) is 6. The monoisotopic (exact) mass is 450 g/mol. The molecular formula is C21H21F3N4O4. The lowest BCUT2D eigenvalue weighted by Crippen LogP contribution is -2.36.